The molecule has 1 saturated heterocycles. The first-order valence-corrected chi connectivity index (χ1v) is 9.93. The summed E-state index contributed by atoms with van der Waals surface area (Å²) in [7, 11) is 3.73. The molecule has 2 aromatic heterocycles. The third kappa shape index (κ3) is 4.44. The van der Waals surface area contributed by atoms with E-state index in [1.54, 1.807) is 24.1 Å². The van der Waals surface area contributed by atoms with Crippen LogP contribution < -0.4 is 5.32 Å². The number of amides is 3. The fourth-order valence-corrected chi connectivity index (χ4v) is 3.44. The molecule has 156 valence electrons. The highest BCUT2D eigenvalue weighted by Crippen LogP contribution is 2.20. The lowest BCUT2D eigenvalue weighted by atomic mass is 10.2. The van der Waals surface area contributed by atoms with Crippen LogP contribution >= 0.6 is 0 Å². The van der Waals surface area contributed by atoms with Crippen molar-refractivity contribution < 1.29 is 14.0 Å². The molecule has 3 aromatic rings. The minimum atomic E-state index is -0.292. The van der Waals surface area contributed by atoms with E-state index in [1.165, 1.54) is 11.1 Å². The summed E-state index contributed by atoms with van der Waals surface area (Å²) in [5, 5.41) is 3.83. The zero-order valence-corrected chi connectivity index (χ0v) is 17.2. The molecule has 8 nitrogen and oxygen atoms in total. The summed E-state index contributed by atoms with van der Waals surface area (Å²) >= 11 is 0. The minimum Gasteiger partial charge on any atom is -0.459 e. The molecular formula is C22H25N5O3. The highest BCUT2D eigenvalue weighted by atomic mass is 16.3. The lowest BCUT2D eigenvalue weighted by Gasteiger charge is -2.32. The molecule has 0 aliphatic carbocycles. The van der Waals surface area contributed by atoms with E-state index >= 15 is 0 Å². The van der Waals surface area contributed by atoms with Crippen molar-refractivity contribution in [2.45, 2.75) is 6.54 Å². The number of carbonyl (C=O) groups is 2. The summed E-state index contributed by atoms with van der Waals surface area (Å²) in [5.74, 6) is 0.587. The molecule has 0 atom stereocenters. The van der Waals surface area contributed by atoms with Gasteiger partial charge < -0.3 is 24.4 Å². The molecule has 0 radical (unpaired) electrons. The van der Waals surface area contributed by atoms with Crippen LogP contribution in [-0.4, -0.2) is 71.9 Å². The van der Waals surface area contributed by atoms with E-state index in [9.17, 15) is 9.59 Å². The number of piperazine rings is 1. The summed E-state index contributed by atoms with van der Waals surface area (Å²) in [4.78, 5) is 35.0. The number of nitrogens with zero attached hydrogens (tertiary/aromatic N) is 4. The second kappa shape index (κ2) is 8.54. The molecule has 0 saturated carbocycles. The molecule has 3 heterocycles. The van der Waals surface area contributed by atoms with Crippen LogP contribution in [0.4, 0.5) is 10.5 Å². The molecule has 1 aliphatic rings. The number of hydrogen-bond donors (Lipinski definition) is 1. The van der Waals surface area contributed by atoms with Gasteiger partial charge in [0.15, 0.2) is 0 Å². The summed E-state index contributed by atoms with van der Waals surface area (Å²) in [6.45, 7) is 3.36. The van der Waals surface area contributed by atoms with Crippen molar-refractivity contribution in [3.05, 3.63) is 60.1 Å². The molecule has 1 N–H and O–H groups in total. The summed E-state index contributed by atoms with van der Waals surface area (Å²) in [6.07, 6.45) is 1.54. The Morgan fingerprint density at radius 2 is 1.90 bits per heavy atom. The highest BCUT2D eigenvalue weighted by Gasteiger charge is 2.22. The van der Waals surface area contributed by atoms with Gasteiger partial charge in [-0.25, -0.2) is 4.79 Å². The van der Waals surface area contributed by atoms with Gasteiger partial charge in [-0.2, -0.15) is 0 Å². The Morgan fingerprint density at radius 3 is 2.67 bits per heavy atom. The zero-order chi connectivity index (χ0) is 21.1. The van der Waals surface area contributed by atoms with E-state index in [0.29, 0.717) is 36.8 Å². The average molecular weight is 407 g/mol. The number of aromatic nitrogens is 1. The van der Waals surface area contributed by atoms with Crippen LogP contribution in [0.25, 0.3) is 11.0 Å². The smallest absolute Gasteiger partial charge is 0.321 e. The SMILES string of the molecule is CN1CCN(C(=O)c2cc(NC(=O)N(C)Cc3cc4ccccc4o3)ccn2)CC1. The van der Waals surface area contributed by atoms with Gasteiger partial charge in [-0.3, -0.25) is 9.78 Å². The maximum absolute atomic E-state index is 12.7. The van der Waals surface area contributed by atoms with Crippen molar-refractivity contribution in [3.63, 3.8) is 0 Å². The quantitative estimate of drug-likeness (QED) is 0.719. The predicted molar refractivity (Wildman–Crippen MR) is 114 cm³/mol. The maximum atomic E-state index is 12.7. The fourth-order valence-electron chi connectivity index (χ4n) is 3.44. The van der Waals surface area contributed by atoms with Gasteiger partial charge in [0.1, 0.15) is 17.0 Å². The van der Waals surface area contributed by atoms with Crippen molar-refractivity contribution in [2.24, 2.45) is 0 Å². The van der Waals surface area contributed by atoms with Gasteiger partial charge >= 0.3 is 6.03 Å². The van der Waals surface area contributed by atoms with Crippen molar-refractivity contribution in [1.82, 2.24) is 19.7 Å². The Bertz CT molecular complexity index is 1020. The number of hydrogen-bond acceptors (Lipinski definition) is 5. The predicted octanol–water partition coefficient (Wildman–Crippen LogP) is 2.88. The highest BCUT2D eigenvalue weighted by molar-refractivity contribution is 5.95. The molecule has 1 aliphatic heterocycles. The first-order valence-electron chi connectivity index (χ1n) is 9.93. The van der Waals surface area contributed by atoms with Crippen LogP contribution in [0.3, 0.4) is 0 Å². The Hall–Kier alpha value is -3.39. The lowest BCUT2D eigenvalue weighted by Crippen LogP contribution is -2.47. The normalized spacial score (nSPS) is 14.7. The second-order valence-electron chi connectivity index (χ2n) is 7.56. The number of anilines is 1. The number of fused-ring (bicyclic) bond motifs is 1. The first-order chi connectivity index (χ1) is 14.5. The summed E-state index contributed by atoms with van der Waals surface area (Å²) in [5.41, 5.74) is 1.66. The van der Waals surface area contributed by atoms with Crippen molar-refractivity contribution in [3.8, 4) is 0 Å². The lowest BCUT2D eigenvalue weighted by molar-refractivity contribution is 0.0658. The largest absolute Gasteiger partial charge is 0.459 e. The molecule has 30 heavy (non-hydrogen) atoms. The number of para-hydroxylation sites is 1. The zero-order valence-electron chi connectivity index (χ0n) is 17.2. The molecule has 0 unspecified atom stereocenters. The number of carbonyl (C=O) groups excluding carboxylic acids is 2. The molecule has 1 fully saturated rings. The second-order valence-corrected chi connectivity index (χ2v) is 7.56. The standard InChI is InChI=1S/C22H25N5O3/c1-25-9-11-27(12-10-25)21(28)19-14-17(7-8-23-19)24-22(29)26(2)15-18-13-16-5-3-4-6-20(16)30-18/h3-8,13-14H,9-12,15H2,1-2H3,(H,23,24,29). The Labute approximate surface area is 175 Å². The van der Waals surface area contributed by atoms with Crippen LogP contribution in [-0.2, 0) is 6.54 Å². The first kappa shape index (κ1) is 19.9. The van der Waals surface area contributed by atoms with Gasteiger partial charge in [0.25, 0.3) is 5.91 Å². The topological polar surface area (TPSA) is 81.9 Å². The molecule has 1 aromatic carbocycles. The van der Waals surface area contributed by atoms with Crippen LogP contribution in [0, 0.1) is 0 Å². The van der Waals surface area contributed by atoms with Gasteiger partial charge in [0.05, 0.1) is 6.54 Å². The van der Waals surface area contributed by atoms with Crippen LogP contribution in [0.1, 0.15) is 16.2 Å². The van der Waals surface area contributed by atoms with Crippen LogP contribution in [0.2, 0.25) is 0 Å². The van der Waals surface area contributed by atoms with Crippen LogP contribution in [0.5, 0.6) is 0 Å². The summed E-state index contributed by atoms with van der Waals surface area (Å²) < 4.78 is 5.78. The van der Waals surface area contributed by atoms with E-state index in [2.05, 4.69) is 15.2 Å². The van der Waals surface area contributed by atoms with E-state index in [1.807, 2.05) is 37.4 Å². The average Bonchev–Trinajstić information content (AvgIpc) is 3.16. The number of benzene rings is 1. The molecule has 0 spiro atoms. The van der Waals surface area contributed by atoms with Gasteiger partial charge in [-0.1, -0.05) is 18.2 Å². The maximum Gasteiger partial charge on any atom is 0.321 e. The fraction of sp³-hybridized carbons (Fsp3) is 0.318. The van der Waals surface area contributed by atoms with E-state index in [4.69, 9.17) is 4.42 Å². The third-order valence-electron chi connectivity index (χ3n) is 5.24. The van der Waals surface area contributed by atoms with Crippen molar-refractivity contribution >= 4 is 28.6 Å². The Balaban J connectivity index is 1.39. The van der Waals surface area contributed by atoms with Crippen molar-refractivity contribution in [1.29, 1.82) is 0 Å². The van der Waals surface area contributed by atoms with E-state index in [-0.39, 0.29) is 11.9 Å². The number of furan rings is 1. The van der Waals surface area contributed by atoms with Gasteiger partial charge in [-0.15, -0.1) is 0 Å². The van der Waals surface area contributed by atoms with E-state index in [0.717, 1.165) is 24.1 Å². The van der Waals surface area contributed by atoms with Crippen LogP contribution in [0.15, 0.2) is 53.1 Å². The Kier molecular flexibility index (Phi) is 5.67. The number of urea groups is 1. The molecule has 8 heteroatoms. The summed E-state index contributed by atoms with van der Waals surface area (Å²) in [6, 6.07) is 12.7. The molecule has 4 rings (SSSR count). The van der Waals surface area contributed by atoms with E-state index < -0.39 is 0 Å². The monoisotopic (exact) mass is 407 g/mol. The number of nitrogens with one attached hydrogen (secondary N) is 1. The molecular weight excluding hydrogens is 382 g/mol. The van der Waals surface area contributed by atoms with Gasteiger partial charge in [0, 0.05) is 50.5 Å². The molecule has 0 bridgehead atoms. The molecule has 3 amide bonds. The number of likely N-dealkylation sites (N-methyl/N-ethyl adjacent to an activating group) is 1. The minimum absolute atomic E-state index is 0.116. The Morgan fingerprint density at radius 1 is 1.13 bits per heavy atom. The van der Waals surface area contributed by atoms with Gasteiger partial charge in [0.2, 0.25) is 0 Å². The van der Waals surface area contributed by atoms with Crippen molar-refractivity contribution in [2.75, 3.05) is 45.6 Å². The number of pyridine rings is 1. The van der Waals surface area contributed by atoms with Gasteiger partial charge in [-0.05, 0) is 31.3 Å². The number of rotatable bonds is 4. The third-order valence-corrected chi connectivity index (χ3v) is 5.24.